The highest BCUT2D eigenvalue weighted by atomic mass is 15.4. The molecule has 1 aliphatic carbocycles. The van der Waals surface area contributed by atoms with E-state index in [1.165, 1.54) is 12.8 Å². The number of hydrogen-bond acceptors (Lipinski definition) is 3. The van der Waals surface area contributed by atoms with Gasteiger partial charge >= 0.3 is 0 Å². The van der Waals surface area contributed by atoms with Crippen LogP contribution in [0.25, 0.3) is 0 Å². The smallest absolute Gasteiger partial charge is 0.150 e. The van der Waals surface area contributed by atoms with Crippen molar-refractivity contribution in [2.45, 2.75) is 65.0 Å². The lowest BCUT2D eigenvalue weighted by atomic mass is 10.2. The Kier molecular flexibility index (Phi) is 4.15. The van der Waals surface area contributed by atoms with Crippen molar-refractivity contribution in [3.8, 4) is 0 Å². The predicted molar refractivity (Wildman–Crippen MR) is 69.1 cm³/mol. The summed E-state index contributed by atoms with van der Waals surface area (Å²) in [5.74, 6) is 2.10. The summed E-state index contributed by atoms with van der Waals surface area (Å²) in [5, 5.41) is 8.14. The molecule has 1 saturated carbocycles. The number of aryl methyl sites for hydroxylation is 2. The molecule has 0 aliphatic heterocycles. The lowest BCUT2D eigenvalue weighted by Crippen LogP contribution is -2.21. The summed E-state index contributed by atoms with van der Waals surface area (Å²) in [6.45, 7) is 7.59. The summed E-state index contributed by atoms with van der Waals surface area (Å²) in [6.07, 6.45) is 5.74. The summed E-state index contributed by atoms with van der Waals surface area (Å²) in [4.78, 5) is 4.56. The second-order valence-corrected chi connectivity index (χ2v) is 4.96. The van der Waals surface area contributed by atoms with Crippen molar-refractivity contribution >= 4 is 0 Å². The van der Waals surface area contributed by atoms with Gasteiger partial charge < -0.3 is 5.32 Å². The van der Waals surface area contributed by atoms with Crippen molar-refractivity contribution in [1.29, 1.82) is 0 Å². The molecule has 4 nitrogen and oxygen atoms in total. The maximum absolute atomic E-state index is 4.59. The minimum atomic E-state index is 0.448. The van der Waals surface area contributed by atoms with Gasteiger partial charge in [-0.2, -0.15) is 5.10 Å². The van der Waals surface area contributed by atoms with Crippen molar-refractivity contribution in [2.24, 2.45) is 0 Å². The van der Waals surface area contributed by atoms with E-state index in [0.29, 0.717) is 6.04 Å². The Balaban J connectivity index is 1.90. The highest BCUT2D eigenvalue weighted by Gasteiger charge is 2.20. The molecule has 0 spiro atoms. The minimum Gasteiger partial charge on any atom is -0.314 e. The molecule has 0 radical (unpaired) electrons. The van der Waals surface area contributed by atoms with Crippen molar-refractivity contribution in [1.82, 2.24) is 20.1 Å². The summed E-state index contributed by atoms with van der Waals surface area (Å²) < 4.78 is 2.12. The lowest BCUT2D eigenvalue weighted by molar-refractivity contribution is 0.427. The molecule has 1 aromatic rings. The normalized spacial score (nSPS) is 17.4. The van der Waals surface area contributed by atoms with Crippen LogP contribution in [0.5, 0.6) is 0 Å². The maximum Gasteiger partial charge on any atom is 0.150 e. The Morgan fingerprint density at radius 3 is 2.71 bits per heavy atom. The number of nitrogens with zero attached hydrogens (tertiary/aromatic N) is 3. The Morgan fingerprint density at radius 2 is 2.12 bits per heavy atom. The van der Waals surface area contributed by atoms with Crippen LogP contribution in [0, 0.1) is 0 Å². The molecule has 1 atom stereocenters. The molecule has 0 bridgehead atoms. The van der Waals surface area contributed by atoms with E-state index >= 15 is 0 Å². The van der Waals surface area contributed by atoms with Gasteiger partial charge in [-0.3, -0.25) is 0 Å². The summed E-state index contributed by atoms with van der Waals surface area (Å²) in [5.41, 5.74) is 0. The zero-order valence-corrected chi connectivity index (χ0v) is 11.2. The molecule has 17 heavy (non-hydrogen) atoms. The van der Waals surface area contributed by atoms with E-state index < -0.39 is 0 Å². The maximum atomic E-state index is 4.59. The van der Waals surface area contributed by atoms with Crippen LogP contribution in [-0.4, -0.2) is 27.4 Å². The first-order valence-corrected chi connectivity index (χ1v) is 6.92. The summed E-state index contributed by atoms with van der Waals surface area (Å²) >= 11 is 0. The molecule has 2 rings (SSSR count). The average molecular weight is 236 g/mol. The van der Waals surface area contributed by atoms with Crippen LogP contribution in [-0.2, 0) is 12.8 Å². The number of hydrogen-bond donors (Lipinski definition) is 1. The first kappa shape index (κ1) is 12.6. The van der Waals surface area contributed by atoms with Gasteiger partial charge in [-0.05, 0) is 32.7 Å². The van der Waals surface area contributed by atoms with Crippen molar-refractivity contribution in [3.05, 3.63) is 11.6 Å². The van der Waals surface area contributed by atoms with E-state index in [4.69, 9.17) is 0 Å². The monoisotopic (exact) mass is 236 g/mol. The largest absolute Gasteiger partial charge is 0.314 e. The highest BCUT2D eigenvalue weighted by molar-refractivity contribution is 4.94. The number of rotatable bonds is 7. The fourth-order valence-electron chi connectivity index (χ4n) is 2.05. The first-order chi connectivity index (χ1) is 8.24. The van der Waals surface area contributed by atoms with Gasteiger partial charge in [-0.25, -0.2) is 9.67 Å². The summed E-state index contributed by atoms with van der Waals surface area (Å²) in [6, 6.07) is 1.25. The molecule has 1 unspecified atom stereocenters. The van der Waals surface area contributed by atoms with Crippen LogP contribution in [0.3, 0.4) is 0 Å². The molecule has 1 N–H and O–H groups in total. The Bertz CT molecular complexity index is 354. The number of nitrogens with one attached hydrogen (secondary N) is 1. The molecule has 1 aromatic heterocycles. The zero-order valence-electron chi connectivity index (χ0n) is 11.2. The molecule has 1 fully saturated rings. The van der Waals surface area contributed by atoms with Gasteiger partial charge in [-0.1, -0.05) is 13.8 Å². The third-order valence-corrected chi connectivity index (χ3v) is 3.37. The van der Waals surface area contributed by atoms with Crippen LogP contribution in [0.4, 0.5) is 0 Å². The molecular formula is C13H24N4. The van der Waals surface area contributed by atoms with Crippen LogP contribution < -0.4 is 5.32 Å². The minimum absolute atomic E-state index is 0.448. The lowest BCUT2D eigenvalue weighted by Gasteiger charge is -2.14. The van der Waals surface area contributed by atoms with Gasteiger partial charge in [0.2, 0.25) is 0 Å². The standard InChI is InChI=1S/C13H24N4/c1-4-12-15-13(5-2)17(16-12)10(3)8-9-14-11-6-7-11/h10-11,14H,4-9H2,1-3H3. The Morgan fingerprint density at radius 1 is 1.35 bits per heavy atom. The van der Waals surface area contributed by atoms with Gasteiger partial charge in [0, 0.05) is 18.9 Å². The fourth-order valence-corrected chi connectivity index (χ4v) is 2.05. The van der Waals surface area contributed by atoms with E-state index in [1.54, 1.807) is 0 Å². The van der Waals surface area contributed by atoms with Crippen LogP contribution in [0.1, 0.15) is 57.7 Å². The van der Waals surface area contributed by atoms with Crippen LogP contribution in [0.2, 0.25) is 0 Å². The first-order valence-electron chi connectivity index (χ1n) is 6.92. The van der Waals surface area contributed by atoms with E-state index in [2.05, 4.69) is 40.9 Å². The Labute approximate surface area is 104 Å². The third-order valence-electron chi connectivity index (χ3n) is 3.37. The molecule has 96 valence electrons. The quantitative estimate of drug-likeness (QED) is 0.788. The second-order valence-electron chi connectivity index (χ2n) is 4.96. The molecule has 0 saturated heterocycles. The van der Waals surface area contributed by atoms with E-state index in [-0.39, 0.29) is 0 Å². The topological polar surface area (TPSA) is 42.7 Å². The average Bonchev–Trinajstić information content (AvgIpc) is 3.06. The van der Waals surface area contributed by atoms with Crippen LogP contribution >= 0.6 is 0 Å². The van der Waals surface area contributed by atoms with Gasteiger partial charge in [0.1, 0.15) is 5.82 Å². The number of aromatic nitrogens is 3. The van der Waals surface area contributed by atoms with E-state index in [1.807, 2.05) is 0 Å². The van der Waals surface area contributed by atoms with Gasteiger partial charge in [0.05, 0.1) is 6.04 Å². The zero-order chi connectivity index (χ0) is 12.3. The van der Waals surface area contributed by atoms with Gasteiger partial charge in [0.25, 0.3) is 0 Å². The molecule has 1 heterocycles. The molecule has 0 aromatic carbocycles. The second kappa shape index (κ2) is 5.63. The van der Waals surface area contributed by atoms with Gasteiger partial charge in [-0.15, -0.1) is 0 Å². The SMILES string of the molecule is CCc1nc(CC)n(C(C)CCNC2CC2)n1. The van der Waals surface area contributed by atoms with Crippen molar-refractivity contribution in [2.75, 3.05) is 6.54 Å². The van der Waals surface area contributed by atoms with Crippen molar-refractivity contribution < 1.29 is 0 Å². The molecule has 1 aliphatic rings. The van der Waals surface area contributed by atoms with E-state index in [9.17, 15) is 0 Å². The van der Waals surface area contributed by atoms with Crippen molar-refractivity contribution in [3.63, 3.8) is 0 Å². The molecular weight excluding hydrogens is 212 g/mol. The fraction of sp³-hybridized carbons (Fsp3) is 0.846. The predicted octanol–water partition coefficient (Wildman–Crippen LogP) is 2.11. The highest BCUT2D eigenvalue weighted by Crippen LogP contribution is 2.19. The molecule has 4 heteroatoms. The third kappa shape index (κ3) is 3.28. The van der Waals surface area contributed by atoms with Crippen LogP contribution in [0.15, 0.2) is 0 Å². The molecule has 0 amide bonds. The Hall–Kier alpha value is -0.900. The summed E-state index contributed by atoms with van der Waals surface area (Å²) in [7, 11) is 0. The van der Waals surface area contributed by atoms with E-state index in [0.717, 1.165) is 43.5 Å². The van der Waals surface area contributed by atoms with Gasteiger partial charge in [0.15, 0.2) is 5.82 Å².